The molecule has 0 aliphatic rings. The van der Waals surface area contributed by atoms with Crippen LogP contribution in [0.15, 0.2) is 42.7 Å². The van der Waals surface area contributed by atoms with Gasteiger partial charge in [0.15, 0.2) is 0 Å². The summed E-state index contributed by atoms with van der Waals surface area (Å²) in [6.07, 6.45) is 3.68. The van der Waals surface area contributed by atoms with Gasteiger partial charge in [0.2, 0.25) is 0 Å². The first-order valence-corrected chi connectivity index (χ1v) is 6.62. The highest BCUT2D eigenvalue weighted by Crippen LogP contribution is 2.23. The standard InChI is InChI=1S/C15H21N2O3/c1-4-19-15(18,14-16(2)10-11-17(14)3)20-12-13-8-6-5-7-9-13/h5-11,18H,4,12H2,1-3H3/q+1. The van der Waals surface area contributed by atoms with Gasteiger partial charge in [-0.2, -0.15) is 0 Å². The summed E-state index contributed by atoms with van der Waals surface area (Å²) in [7, 11) is 3.68. The zero-order valence-corrected chi connectivity index (χ0v) is 12.1. The van der Waals surface area contributed by atoms with Gasteiger partial charge in [-0.15, -0.1) is 0 Å². The Morgan fingerprint density at radius 2 is 1.95 bits per heavy atom. The maximum Gasteiger partial charge on any atom is 0.389 e. The second kappa shape index (κ2) is 6.17. The fourth-order valence-electron chi connectivity index (χ4n) is 2.16. The van der Waals surface area contributed by atoms with Gasteiger partial charge in [0.1, 0.15) is 12.4 Å². The lowest BCUT2D eigenvalue weighted by molar-refractivity contribution is -0.700. The van der Waals surface area contributed by atoms with Gasteiger partial charge in [0.25, 0.3) is 0 Å². The predicted octanol–water partition coefficient (Wildman–Crippen LogP) is 1.21. The summed E-state index contributed by atoms with van der Waals surface area (Å²) in [5.41, 5.74) is 0.975. The zero-order chi connectivity index (χ0) is 14.6. The maximum absolute atomic E-state index is 10.7. The van der Waals surface area contributed by atoms with Crippen LogP contribution in [0.2, 0.25) is 0 Å². The van der Waals surface area contributed by atoms with E-state index >= 15 is 0 Å². The van der Waals surface area contributed by atoms with Gasteiger partial charge in [-0.25, -0.2) is 9.13 Å². The van der Waals surface area contributed by atoms with Crippen LogP contribution in [0.3, 0.4) is 0 Å². The third-order valence-corrected chi connectivity index (χ3v) is 3.08. The monoisotopic (exact) mass is 277 g/mol. The van der Waals surface area contributed by atoms with Crippen molar-refractivity contribution in [3.8, 4) is 0 Å². The normalized spacial score (nSPS) is 14.2. The van der Waals surface area contributed by atoms with E-state index in [9.17, 15) is 5.11 Å². The Hall–Kier alpha value is -1.69. The molecule has 1 unspecified atom stereocenters. The molecule has 0 spiro atoms. The van der Waals surface area contributed by atoms with Crippen molar-refractivity contribution in [3.05, 3.63) is 54.1 Å². The van der Waals surface area contributed by atoms with Crippen LogP contribution in [0.5, 0.6) is 0 Å². The Morgan fingerprint density at radius 3 is 2.50 bits per heavy atom. The van der Waals surface area contributed by atoms with E-state index < -0.39 is 5.97 Å². The van der Waals surface area contributed by atoms with Crippen molar-refractivity contribution >= 4 is 0 Å². The molecule has 2 aromatic rings. The summed E-state index contributed by atoms with van der Waals surface area (Å²) in [5, 5.41) is 10.7. The number of aryl methyl sites for hydroxylation is 2. The van der Waals surface area contributed by atoms with Crippen molar-refractivity contribution in [2.24, 2.45) is 14.1 Å². The summed E-state index contributed by atoms with van der Waals surface area (Å²) in [6, 6.07) is 9.69. The second-order valence-electron chi connectivity index (χ2n) is 4.63. The number of aromatic nitrogens is 2. The van der Waals surface area contributed by atoms with Gasteiger partial charge in [0.05, 0.1) is 27.3 Å². The topological polar surface area (TPSA) is 47.5 Å². The summed E-state index contributed by atoms with van der Waals surface area (Å²) in [4.78, 5) is 0. The van der Waals surface area contributed by atoms with Crippen LogP contribution in [0, 0.1) is 0 Å². The van der Waals surface area contributed by atoms with Crippen LogP contribution in [0.4, 0.5) is 0 Å². The molecule has 0 saturated heterocycles. The minimum absolute atomic E-state index is 0.266. The molecule has 1 aromatic carbocycles. The third-order valence-electron chi connectivity index (χ3n) is 3.08. The molecule has 0 fully saturated rings. The molecule has 1 N–H and O–H groups in total. The molecule has 0 saturated carbocycles. The number of imidazole rings is 1. The second-order valence-corrected chi connectivity index (χ2v) is 4.63. The van der Waals surface area contributed by atoms with Crippen molar-refractivity contribution in [2.45, 2.75) is 19.5 Å². The number of benzene rings is 1. The number of aliphatic hydroxyl groups is 1. The molecule has 0 aliphatic carbocycles. The summed E-state index contributed by atoms with van der Waals surface area (Å²) < 4.78 is 14.7. The molecular weight excluding hydrogens is 256 g/mol. The average Bonchev–Trinajstić information content (AvgIpc) is 2.78. The van der Waals surface area contributed by atoms with Crippen LogP contribution in [-0.4, -0.2) is 16.3 Å². The van der Waals surface area contributed by atoms with Crippen molar-refractivity contribution < 1.29 is 19.1 Å². The van der Waals surface area contributed by atoms with E-state index in [0.717, 1.165) is 5.56 Å². The first-order chi connectivity index (χ1) is 9.57. The Labute approximate surface area is 119 Å². The SMILES string of the molecule is CCOC(O)(OCc1ccccc1)c1n(C)cc[n+]1C. The number of ether oxygens (including phenoxy) is 2. The molecule has 20 heavy (non-hydrogen) atoms. The van der Waals surface area contributed by atoms with E-state index in [1.807, 2.05) is 63.7 Å². The largest absolute Gasteiger partial charge is 0.389 e. The molecule has 2 rings (SSSR count). The molecular formula is C15H21N2O3+. The average molecular weight is 277 g/mol. The number of hydrogen-bond donors (Lipinski definition) is 1. The smallest absolute Gasteiger partial charge is 0.333 e. The van der Waals surface area contributed by atoms with Gasteiger partial charge in [-0.3, -0.25) is 0 Å². The molecule has 5 nitrogen and oxygen atoms in total. The van der Waals surface area contributed by atoms with E-state index in [-0.39, 0.29) is 6.61 Å². The van der Waals surface area contributed by atoms with E-state index in [0.29, 0.717) is 12.4 Å². The van der Waals surface area contributed by atoms with E-state index in [2.05, 4.69) is 0 Å². The van der Waals surface area contributed by atoms with Gasteiger partial charge in [0, 0.05) is 0 Å². The van der Waals surface area contributed by atoms with Crippen LogP contribution in [0.25, 0.3) is 0 Å². The minimum atomic E-state index is -1.77. The maximum atomic E-state index is 10.7. The van der Waals surface area contributed by atoms with Gasteiger partial charge in [-0.05, 0) is 12.5 Å². The van der Waals surface area contributed by atoms with Crippen molar-refractivity contribution in [1.29, 1.82) is 0 Å². The summed E-state index contributed by atoms with van der Waals surface area (Å²) in [6.45, 7) is 2.43. The first kappa shape index (κ1) is 14.7. The van der Waals surface area contributed by atoms with Crippen LogP contribution in [0.1, 0.15) is 18.3 Å². The molecule has 1 aromatic heterocycles. The quantitative estimate of drug-likeness (QED) is 0.637. The molecule has 0 bridgehead atoms. The molecule has 0 amide bonds. The number of nitrogens with zero attached hydrogens (tertiary/aromatic N) is 2. The molecule has 5 heteroatoms. The van der Waals surface area contributed by atoms with Crippen molar-refractivity contribution in [1.82, 2.24) is 4.57 Å². The molecule has 0 aliphatic heterocycles. The van der Waals surface area contributed by atoms with Crippen LogP contribution < -0.4 is 4.57 Å². The minimum Gasteiger partial charge on any atom is -0.333 e. The Balaban J connectivity index is 2.21. The lowest BCUT2D eigenvalue weighted by atomic mass is 10.2. The predicted molar refractivity (Wildman–Crippen MR) is 73.3 cm³/mol. The zero-order valence-electron chi connectivity index (χ0n) is 12.1. The van der Waals surface area contributed by atoms with E-state index in [1.54, 1.807) is 9.13 Å². The highest BCUT2D eigenvalue weighted by Gasteiger charge is 2.43. The third kappa shape index (κ3) is 3.07. The van der Waals surface area contributed by atoms with Gasteiger partial charge < -0.3 is 14.6 Å². The van der Waals surface area contributed by atoms with Crippen LogP contribution >= 0.6 is 0 Å². The lowest BCUT2D eigenvalue weighted by Crippen LogP contribution is -2.46. The highest BCUT2D eigenvalue weighted by atomic mass is 16.8. The molecule has 1 atom stereocenters. The van der Waals surface area contributed by atoms with E-state index in [1.165, 1.54) is 0 Å². The van der Waals surface area contributed by atoms with Crippen molar-refractivity contribution in [2.75, 3.05) is 6.61 Å². The fourth-order valence-corrected chi connectivity index (χ4v) is 2.16. The van der Waals surface area contributed by atoms with Crippen molar-refractivity contribution in [3.63, 3.8) is 0 Å². The first-order valence-electron chi connectivity index (χ1n) is 6.62. The fraction of sp³-hybridized carbons (Fsp3) is 0.400. The summed E-state index contributed by atoms with van der Waals surface area (Å²) in [5.74, 6) is -1.23. The lowest BCUT2D eigenvalue weighted by Gasteiger charge is -2.24. The molecule has 0 radical (unpaired) electrons. The molecule has 108 valence electrons. The number of hydrogen-bond acceptors (Lipinski definition) is 3. The Bertz CT molecular complexity index is 534. The van der Waals surface area contributed by atoms with Gasteiger partial charge in [-0.1, -0.05) is 30.3 Å². The van der Waals surface area contributed by atoms with Crippen LogP contribution in [-0.2, 0) is 36.1 Å². The van der Waals surface area contributed by atoms with Gasteiger partial charge >= 0.3 is 11.8 Å². The number of rotatable bonds is 6. The Kier molecular flexibility index (Phi) is 4.54. The molecule has 1 heterocycles. The van der Waals surface area contributed by atoms with E-state index in [4.69, 9.17) is 9.47 Å². The Morgan fingerprint density at radius 1 is 1.25 bits per heavy atom. The summed E-state index contributed by atoms with van der Waals surface area (Å²) >= 11 is 0. The highest BCUT2D eigenvalue weighted by molar-refractivity contribution is 5.13.